The van der Waals surface area contributed by atoms with Gasteiger partial charge in [-0.3, -0.25) is 4.79 Å². The van der Waals surface area contributed by atoms with Crippen LogP contribution in [0.1, 0.15) is 16.7 Å². The first kappa shape index (κ1) is 18.0. The number of aromatic nitrogens is 1. The minimum Gasteiger partial charge on any atom is -0.338 e. The SMILES string of the molecule is Cc1cc(C)c2cc(CCNC(=O)Nc3ccc(Cl)cc3)c(=O)[nH]c2c1. The molecule has 0 saturated heterocycles. The second-order valence-corrected chi connectivity index (χ2v) is 6.74. The number of H-pyrrole nitrogens is 1. The van der Waals surface area contributed by atoms with Crippen molar-refractivity contribution in [3.05, 3.63) is 74.5 Å². The molecule has 26 heavy (non-hydrogen) atoms. The van der Waals surface area contributed by atoms with E-state index in [9.17, 15) is 9.59 Å². The third-order valence-electron chi connectivity index (χ3n) is 4.17. The van der Waals surface area contributed by atoms with Crippen molar-refractivity contribution >= 4 is 34.2 Å². The van der Waals surface area contributed by atoms with Gasteiger partial charge >= 0.3 is 6.03 Å². The quantitative estimate of drug-likeness (QED) is 0.646. The second kappa shape index (κ2) is 7.62. The fraction of sp³-hybridized carbons (Fsp3) is 0.200. The Morgan fingerprint density at radius 3 is 2.58 bits per heavy atom. The first-order valence-corrected chi connectivity index (χ1v) is 8.74. The molecule has 0 bridgehead atoms. The van der Waals surface area contributed by atoms with Gasteiger partial charge < -0.3 is 15.6 Å². The van der Waals surface area contributed by atoms with Crippen molar-refractivity contribution < 1.29 is 4.79 Å². The van der Waals surface area contributed by atoms with Gasteiger partial charge in [0.25, 0.3) is 5.56 Å². The molecule has 3 N–H and O–H groups in total. The lowest BCUT2D eigenvalue weighted by Gasteiger charge is -2.09. The van der Waals surface area contributed by atoms with Crippen molar-refractivity contribution in [2.45, 2.75) is 20.3 Å². The number of carbonyl (C=O) groups excluding carboxylic acids is 1. The van der Waals surface area contributed by atoms with Crippen molar-refractivity contribution in [3.63, 3.8) is 0 Å². The number of anilines is 1. The number of hydrogen-bond donors (Lipinski definition) is 3. The van der Waals surface area contributed by atoms with Gasteiger partial charge in [-0.25, -0.2) is 4.79 Å². The van der Waals surface area contributed by atoms with Crippen molar-refractivity contribution in [1.82, 2.24) is 10.3 Å². The van der Waals surface area contributed by atoms with E-state index >= 15 is 0 Å². The monoisotopic (exact) mass is 369 g/mol. The molecule has 2 aromatic carbocycles. The fourth-order valence-corrected chi connectivity index (χ4v) is 3.05. The van der Waals surface area contributed by atoms with E-state index in [2.05, 4.69) is 21.7 Å². The average Bonchev–Trinajstić information content (AvgIpc) is 2.58. The summed E-state index contributed by atoms with van der Waals surface area (Å²) in [6.07, 6.45) is 0.451. The summed E-state index contributed by atoms with van der Waals surface area (Å²) in [5.74, 6) is 0. The fourth-order valence-electron chi connectivity index (χ4n) is 2.92. The Morgan fingerprint density at radius 2 is 1.85 bits per heavy atom. The molecule has 0 aliphatic rings. The molecule has 1 heterocycles. The highest BCUT2D eigenvalue weighted by atomic mass is 35.5. The number of amides is 2. The molecule has 134 valence electrons. The van der Waals surface area contributed by atoms with Gasteiger partial charge in [-0.2, -0.15) is 0 Å². The van der Waals surface area contributed by atoms with E-state index in [1.165, 1.54) is 0 Å². The molecule has 0 spiro atoms. The number of carbonyl (C=O) groups is 1. The molecule has 3 aromatic rings. The Hall–Kier alpha value is -2.79. The maximum absolute atomic E-state index is 12.3. The molecule has 0 saturated carbocycles. The summed E-state index contributed by atoms with van der Waals surface area (Å²) in [5.41, 5.74) is 4.25. The number of hydrogen-bond acceptors (Lipinski definition) is 2. The third kappa shape index (κ3) is 4.24. The lowest BCUT2D eigenvalue weighted by molar-refractivity contribution is 0.252. The summed E-state index contributed by atoms with van der Waals surface area (Å²) in [6, 6.07) is 12.5. The Morgan fingerprint density at radius 1 is 1.12 bits per heavy atom. The molecule has 1 aromatic heterocycles. The maximum Gasteiger partial charge on any atom is 0.319 e. The largest absolute Gasteiger partial charge is 0.338 e. The molecular weight excluding hydrogens is 350 g/mol. The number of rotatable bonds is 4. The Labute approximate surface area is 156 Å². The zero-order valence-electron chi connectivity index (χ0n) is 14.7. The summed E-state index contributed by atoms with van der Waals surface area (Å²) in [5, 5.41) is 7.11. The summed E-state index contributed by atoms with van der Waals surface area (Å²) < 4.78 is 0. The molecule has 5 nitrogen and oxygen atoms in total. The highest BCUT2D eigenvalue weighted by Crippen LogP contribution is 2.18. The lowest BCUT2D eigenvalue weighted by Crippen LogP contribution is -2.31. The highest BCUT2D eigenvalue weighted by molar-refractivity contribution is 6.30. The van der Waals surface area contributed by atoms with E-state index in [0.717, 1.165) is 22.0 Å². The molecule has 6 heteroatoms. The molecule has 0 aliphatic heterocycles. The smallest absolute Gasteiger partial charge is 0.319 e. The number of aryl methyl sites for hydroxylation is 2. The molecule has 0 atom stereocenters. The molecule has 0 fully saturated rings. The van der Waals surface area contributed by atoms with Crippen LogP contribution < -0.4 is 16.2 Å². The molecule has 0 unspecified atom stereocenters. The predicted molar refractivity (Wildman–Crippen MR) is 106 cm³/mol. The number of urea groups is 1. The van der Waals surface area contributed by atoms with Crippen LogP contribution in [0.5, 0.6) is 0 Å². The topological polar surface area (TPSA) is 74.0 Å². The van der Waals surface area contributed by atoms with Crippen LogP contribution in [0.2, 0.25) is 5.02 Å². The van der Waals surface area contributed by atoms with Crippen molar-refractivity contribution in [3.8, 4) is 0 Å². The summed E-state index contributed by atoms with van der Waals surface area (Å²) >= 11 is 5.81. The van der Waals surface area contributed by atoms with E-state index in [0.29, 0.717) is 29.2 Å². The first-order chi connectivity index (χ1) is 12.4. The number of aromatic amines is 1. The van der Waals surface area contributed by atoms with Crippen LogP contribution in [0.25, 0.3) is 10.9 Å². The number of fused-ring (bicyclic) bond motifs is 1. The minimum atomic E-state index is -0.323. The number of nitrogens with one attached hydrogen (secondary N) is 3. The molecule has 2 amide bonds. The van der Waals surface area contributed by atoms with E-state index in [1.807, 2.05) is 26.0 Å². The van der Waals surface area contributed by atoms with Crippen molar-refractivity contribution in [1.29, 1.82) is 0 Å². The van der Waals surface area contributed by atoms with Gasteiger partial charge in [0.1, 0.15) is 0 Å². The zero-order chi connectivity index (χ0) is 18.7. The van der Waals surface area contributed by atoms with E-state index in [1.54, 1.807) is 24.3 Å². The van der Waals surface area contributed by atoms with Gasteiger partial charge in [0, 0.05) is 33.7 Å². The van der Waals surface area contributed by atoms with Crippen LogP contribution in [0, 0.1) is 13.8 Å². The second-order valence-electron chi connectivity index (χ2n) is 6.30. The van der Waals surface area contributed by atoms with Gasteiger partial charge in [0.2, 0.25) is 0 Å². The molecule has 0 radical (unpaired) electrons. The maximum atomic E-state index is 12.3. The van der Waals surface area contributed by atoms with Gasteiger partial charge in [-0.15, -0.1) is 0 Å². The van der Waals surface area contributed by atoms with Crippen LogP contribution >= 0.6 is 11.6 Å². The van der Waals surface area contributed by atoms with Crippen LogP contribution in [0.3, 0.4) is 0 Å². The Kier molecular flexibility index (Phi) is 5.28. The van der Waals surface area contributed by atoms with Crippen LogP contribution in [0.15, 0.2) is 47.3 Å². The lowest BCUT2D eigenvalue weighted by atomic mass is 10.0. The standard InChI is InChI=1S/C20H20ClN3O2/c1-12-9-13(2)17-11-14(19(25)24-18(17)10-12)7-8-22-20(26)23-16-5-3-15(21)4-6-16/h3-6,9-11H,7-8H2,1-2H3,(H,24,25)(H2,22,23,26). The van der Waals surface area contributed by atoms with E-state index in [-0.39, 0.29) is 11.6 Å². The minimum absolute atomic E-state index is 0.123. The number of benzene rings is 2. The Bertz CT molecular complexity index is 1010. The van der Waals surface area contributed by atoms with Gasteiger partial charge in [-0.05, 0) is 67.8 Å². The van der Waals surface area contributed by atoms with Crippen LogP contribution in [-0.4, -0.2) is 17.6 Å². The van der Waals surface area contributed by atoms with Gasteiger partial charge in [0.05, 0.1) is 0 Å². The Balaban J connectivity index is 1.64. The third-order valence-corrected chi connectivity index (χ3v) is 4.42. The average molecular weight is 370 g/mol. The number of halogens is 1. The van der Waals surface area contributed by atoms with Gasteiger partial charge in [-0.1, -0.05) is 17.7 Å². The van der Waals surface area contributed by atoms with Crippen molar-refractivity contribution in [2.24, 2.45) is 0 Å². The summed E-state index contributed by atoms with van der Waals surface area (Å²) in [7, 11) is 0. The van der Waals surface area contributed by atoms with E-state index < -0.39 is 0 Å². The molecule has 0 aliphatic carbocycles. The molecule has 3 rings (SSSR count). The first-order valence-electron chi connectivity index (χ1n) is 8.36. The summed E-state index contributed by atoms with van der Waals surface area (Å²) in [4.78, 5) is 27.1. The molecular formula is C20H20ClN3O2. The zero-order valence-corrected chi connectivity index (χ0v) is 15.4. The van der Waals surface area contributed by atoms with Gasteiger partial charge in [0.15, 0.2) is 0 Å². The normalized spacial score (nSPS) is 10.7. The van der Waals surface area contributed by atoms with Crippen LogP contribution in [0.4, 0.5) is 10.5 Å². The van der Waals surface area contributed by atoms with Crippen molar-refractivity contribution in [2.75, 3.05) is 11.9 Å². The number of pyridine rings is 1. The summed E-state index contributed by atoms with van der Waals surface area (Å²) in [6.45, 7) is 4.38. The predicted octanol–water partition coefficient (Wildman–Crippen LogP) is 4.16. The highest BCUT2D eigenvalue weighted by Gasteiger charge is 2.07. The van der Waals surface area contributed by atoms with E-state index in [4.69, 9.17) is 11.6 Å². The van der Waals surface area contributed by atoms with Crippen LogP contribution in [-0.2, 0) is 6.42 Å².